The maximum Gasteiger partial charge on any atom is 0.262 e. The zero-order valence-electron chi connectivity index (χ0n) is 18.9. The molecule has 0 spiro atoms. The molecule has 0 aliphatic heterocycles. The molecule has 9 heteroatoms. The summed E-state index contributed by atoms with van der Waals surface area (Å²) in [7, 11) is 0. The van der Waals surface area contributed by atoms with Crippen LogP contribution in [-0.4, -0.2) is 32.0 Å². The van der Waals surface area contributed by atoms with E-state index in [2.05, 4.69) is 9.97 Å². The van der Waals surface area contributed by atoms with Gasteiger partial charge in [-0.25, -0.2) is 14.4 Å². The van der Waals surface area contributed by atoms with E-state index in [-0.39, 0.29) is 23.5 Å². The van der Waals surface area contributed by atoms with Crippen LogP contribution >= 0.6 is 0 Å². The monoisotopic (exact) mass is 471 g/mol. The molecule has 2 aromatic heterocycles. The number of rotatable bonds is 7. The van der Waals surface area contributed by atoms with Gasteiger partial charge in [-0.15, -0.1) is 0 Å². The van der Waals surface area contributed by atoms with Crippen molar-refractivity contribution in [3.05, 3.63) is 88.2 Å². The Morgan fingerprint density at radius 3 is 2.66 bits per heavy atom. The van der Waals surface area contributed by atoms with Gasteiger partial charge >= 0.3 is 0 Å². The van der Waals surface area contributed by atoms with Crippen molar-refractivity contribution >= 4 is 27.8 Å². The number of amides is 1. The number of H-pyrrole nitrogens is 1. The fourth-order valence-electron chi connectivity index (χ4n) is 3.97. The number of halogens is 1. The second-order valence-corrected chi connectivity index (χ2v) is 8.17. The van der Waals surface area contributed by atoms with Crippen LogP contribution in [0.1, 0.15) is 29.3 Å². The first-order valence-corrected chi connectivity index (χ1v) is 11.1. The summed E-state index contributed by atoms with van der Waals surface area (Å²) in [5.74, 6) is -0.212. The van der Waals surface area contributed by atoms with Crippen molar-refractivity contribution in [2.45, 2.75) is 19.9 Å². The van der Waals surface area contributed by atoms with E-state index in [0.717, 1.165) is 6.42 Å². The van der Waals surface area contributed by atoms with Crippen LogP contribution in [0.3, 0.4) is 0 Å². The van der Waals surface area contributed by atoms with E-state index in [9.17, 15) is 14.0 Å². The zero-order valence-corrected chi connectivity index (χ0v) is 18.9. The van der Waals surface area contributed by atoms with Crippen molar-refractivity contribution in [3.63, 3.8) is 0 Å². The highest BCUT2D eigenvalue weighted by molar-refractivity contribution is 5.95. The average Bonchev–Trinajstić information content (AvgIpc) is 3.32. The summed E-state index contributed by atoms with van der Waals surface area (Å²) in [6.45, 7) is 2.55. The number of carbonyl (C=O) groups excluding carboxylic acids is 1. The minimum Gasteiger partial charge on any atom is -0.493 e. The van der Waals surface area contributed by atoms with E-state index in [1.165, 1.54) is 16.7 Å². The first-order valence-electron chi connectivity index (χ1n) is 11.1. The molecule has 0 aliphatic rings. The minimum atomic E-state index is -0.611. The number of fused-ring (bicyclic) bond motifs is 2. The Morgan fingerprint density at radius 1 is 1.11 bits per heavy atom. The van der Waals surface area contributed by atoms with Gasteiger partial charge < -0.3 is 15.5 Å². The topological polar surface area (TPSA) is 116 Å². The normalized spacial score (nSPS) is 11.3. The molecule has 0 atom stereocenters. The predicted molar refractivity (Wildman–Crippen MR) is 131 cm³/mol. The molecule has 5 aromatic rings. The van der Waals surface area contributed by atoms with Gasteiger partial charge in [0.1, 0.15) is 17.4 Å². The lowest BCUT2D eigenvalue weighted by Gasteiger charge is -2.17. The SMILES string of the molecule is CCCOc1ccc(C(N)=O)cc1-c1nc2cc3nc[nH]c3cc2c(=O)n1Cc1ccc(F)cc1. The van der Waals surface area contributed by atoms with Gasteiger partial charge in [0.05, 0.1) is 47.0 Å². The Labute approximate surface area is 199 Å². The maximum atomic E-state index is 13.8. The number of aromatic amines is 1. The molecule has 0 saturated heterocycles. The van der Waals surface area contributed by atoms with Crippen LogP contribution in [0, 0.1) is 5.82 Å². The fraction of sp³-hybridized carbons (Fsp3) is 0.154. The Balaban J connectivity index is 1.81. The minimum absolute atomic E-state index is 0.131. The van der Waals surface area contributed by atoms with E-state index >= 15 is 0 Å². The summed E-state index contributed by atoms with van der Waals surface area (Å²) < 4.78 is 20.9. The van der Waals surface area contributed by atoms with Gasteiger partial charge in [0, 0.05) is 5.56 Å². The van der Waals surface area contributed by atoms with Gasteiger partial charge in [-0.1, -0.05) is 19.1 Å². The van der Waals surface area contributed by atoms with Crippen LogP contribution in [0.4, 0.5) is 4.39 Å². The summed E-state index contributed by atoms with van der Waals surface area (Å²) in [4.78, 5) is 37.8. The summed E-state index contributed by atoms with van der Waals surface area (Å²) >= 11 is 0. The molecule has 0 saturated carbocycles. The average molecular weight is 471 g/mol. The number of primary amides is 1. The van der Waals surface area contributed by atoms with Crippen molar-refractivity contribution in [1.82, 2.24) is 19.5 Å². The molecule has 35 heavy (non-hydrogen) atoms. The van der Waals surface area contributed by atoms with E-state index in [1.54, 1.807) is 48.8 Å². The van der Waals surface area contributed by atoms with Gasteiger partial charge in [0.15, 0.2) is 0 Å². The predicted octanol–water partition coefficient (Wildman–Crippen LogP) is 4.01. The third-order valence-corrected chi connectivity index (χ3v) is 5.72. The molecule has 1 amide bonds. The molecule has 3 aromatic carbocycles. The van der Waals surface area contributed by atoms with Gasteiger partial charge in [-0.3, -0.25) is 14.2 Å². The molecule has 8 nitrogen and oxygen atoms in total. The Kier molecular flexibility index (Phi) is 5.74. The fourth-order valence-corrected chi connectivity index (χ4v) is 3.97. The van der Waals surface area contributed by atoms with Crippen LogP contribution in [-0.2, 0) is 6.54 Å². The molecule has 0 unspecified atom stereocenters. The Bertz CT molecular complexity index is 1620. The summed E-state index contributed by atoms with van der Waals surface area (Å²) in [5, 5.41) is 0.398. The maximum absolute atomic E-state index is 13.8. The first kappa shape index (κ1) is 22.3. The van der Waals surface area contributed by atoms with Crippen LogP contribution < -0.4 is 16.0 Å². The molecule has 0 fully saturated rings. The van der Waals surface area contributed by atoms with Crippen molar-refractivity contribution < 1.29 is 13.9 Å². The lowest BCUT2D eigenvalue weighted by atomic mass is 10.1. The van der Waals surface area contributed by atoms with E-state index in [0.29, 0.717) is 51.2 Å². The highest BCUT2D eigenvalue weighted by Gasteiger charge is 2.19. The molecular formula is C26H22FN5O3. The van der Waals surface area contributed by atoms with Crippen LogP contribution in [0.5, 0.6) is 5.75 Å². The number of nitrogens with one attached hydrogen (secondary N) is 1. The zero-order chi connectivity index (χ0) is 24.5. The number of aromatic nitrogens is 4. The molecule has 5 rings (SSSR count). The number of hydrogen-bond acceptors (Lipinski definition) is 5. The van der Waals surface area contributed by atoms with Gasteiger partial charge in [-0.2, -0.15) is 0 Å². The number of imidazole rings is 1. The van der Waals surface area contributed by atoms with E-state index in [4.69, 9.17) is 15.5 Å². The largest absolute Gasteiger partial charge is 0.493 e. The van der Waals surface area contributed by atoms with Crippen molar-refractivity contribution in [1.29, 1.82) is 0 Å². The number of carbonyl (C=O) groups is 1. The van der Waals surface area contributed by atoms with Crippen LogP contribution in [0.2, 0.25) is 0 Å². The molecular weight excluding hydrogens is 449 g/mol. The number of benzene rings is 3. The summed E-state index contributed by atoms with van der Waals surface area (Å²) in [6.07, 6.45) is 2.32. The first-order chi connectivity index (χ1) is 16.9. The van der Waals surface area contributed by atoms with Crippen LogP contribution in [0.15, 0.2) is 65.7 Å². The lowest BCUT2D eigenvalue weighted by Crippen LogP contribution is -2.24. The van der Waals surface area contributed by atoms with Gasteiger partial charge in [-0.05, 0) is 54.4 Å². The number of ether oxygens (including phenoxy) is 1. The number of nitrogens with two attached hydrogens (primary N) is 1. The van der Waals surface area contributed by atoms with Gasteiger partial charge in [0.25, 0.3) is 5.56 Å². The molecule has 0 bridgehead atoms. The second kappa shape index (κ2) is 9.02. The quantitative estimate of drug-likeness (QED) is 0.372. The number of hydrogen-bond donors (Lipinski definition) is 2. The Morgan fingerprint density at radius 2 is 1.91 bits per heavy atom. The highest BCUT2D eigenvalue weighted by atomic mass is 19.1. The van der Waals surface area contributed by atoms with Crippen molar-refractivity contribution in [2.24, 2.45) is 5.73 Å². The molecule has 176 valence electrons. The van der Waals surface area contributed by atoms with Gasteiger partial charge in [0.2, 0.25) is 5.91 Å². The number of nitrogens with zero attached hydrogens (tertiary/aromatic N) is 3. The van der Waals surface area contributed by atoms with E-state index < -0.39 is 5.91 Å². The third-order valence-electron chi connectivity index (χ3n) is 5.72. The molecule has 0 radical (unpaired) electrons. The second-order valence-electron chi connectivity index (χ2n) is 8.17. The standard InChI is InChI=1S/C26H22FN5O3/c1-2-9-35-23-8-5-16(24(28)33)10-19(23)25-31-20-12-22-21(29-14-30-22)11-18(20)26(34)32(25)13-15-3-6-17(27)7-4-15/h3-8,10-12,14H,2,9,13H2,1H3,(H2,28,33)(H,29,30). The van der Waals surface area contributed by atoms with Crippen molar-refractivity contribution in [2.75, 3.05) is 6.61 Å². The molecule has 2 heterocycles. The summed E-state index contributed by atoms with van der Waals surface area (Å²) in [6, 6.07) is 14.2. The van der Waals surface area contributed by atoms with Crippen LogP contribution in [0.25, 0.3) is 33.3 Å². The molecule has 3 N–H and O–H groups in total. The van der Waals surface area contributed by atoms with E-state index in [1.807, 2.05) is 6.92 Å². The summed E-state index contributed by atoms with van der Waals surface area (Å²) in [5.41, 5.74) is 8.50. The Hall–Kier alpha value is -4.53. The third kappa shape index (κ3) is 4.23. The highest BCUT2D eigenvalue weighted by Crippen LogP contribution is 2.31. The molecule has 0 aliphatic carbocycles. The van der Waals surface area contributed by atoms with Crippen molar-refractivity contribution in [3.8, 4) is 17.1 Å². The smallest absolute Gasteiger partial charge is 0.262 e. The lowest BCUT2D eigenvalue weighted by molar-refractivity contribution is 0.100.